The van der Waals surface area contributed by atoms with Gasteiger partial charge in [0.1, 0.15) is 0 Å². The molecule has 1 heterocycles. The zero-order valence-corrected chi connectivity index (χ0v) is 8.07. The Morgan fingerprint density at radius 1 is 1.11 bits per heavy atom. The van der Waals surface area contributed by atoms with Crippen LogP contribution in [-0.2, 0) is 19.8 Å². The van der Waals surface area contributed by atoms with Gasteiger partial charge in [-0.05, 0) is 26.0 Å². The van der Waals surface area contributed by atoms with Crippen molar-refractivity contribution in [2.75, 3.05) is 0 Å². The van der Waals surface area contributed by atoms with Gasteiger partial charge in [0.05, 0.1) is 0 Å². The molecular weight excluding hydrogens is 288 g/mol. The van der Waals surface area contributed by atoms with Gasteiger partial charge in [0, 0.05) is 31.2 Å². The van der Waals surface area contributed by atoms with Crippen molar-refractivity contribution in [2.45, 2.75) is 13.8 Å². The van der Waals surface area contributed by atoms with Crippen LogP contribution >= 0.6 is 0 Å². The van der Waals surface area contributed by atoms with Gasteiger partial charge in [0.2, 0.25) is 0 Å². The molecule has 1 aromatic rings. The fourth-order valence-electron chi connectivity index (χ4n) is 0.679. The smallest absolute Gasteiger partial charge is 0.0375 e. The second-order valence-corrected chi connectivity index (χ2v) is 1.92. The first-order chi connectivity index (χ1) is 3.79. The minimum atomic E-state index is 0. The van der Waals surface area contributed by atoms with Crippen molar-refractivity contribution in [1.82, 2.24) is 4.98 Å². The molecule has 0 bridgehead atoms. The molecule has 0 aliphatic rings. The summed E-state index contributed by atoms with van der Waals surface area (Å²) in [7, 11) is 0. The summed E-state index contributed by atoms with van der Waals surface area (Å²) >= 11 is 0. The van der Waals surface area contributed by atoms with Gasteiger partial charge in [0.25, 0.3) is 0 Å². The van der Waals surface area contributed by atoms with Crippen LogP contribution in [0.5, 0.6) is 0 Å². The third-order valence-corrected chi connectivity index (χ3v) is 1.03. The van der Waals surface area contributed by atoms with E-state index in [0.717, 1.165) is 11.4 Å². The molecule has 0 fully saturated rings. The Morgan fingerprint density at radius 3 is 1.78 bits per heavy atom. The maximum Gasteiger partial charge on any atom is 0.0375 e. The summed E-state index contributed by atoms with van der Waals surface area (Å²) in [6.45, 7) is 3.99. The fraction of sp³-hybridized carbons (Fsp3) is 0.286. The molecule has 0 saturated heterocycles. The number of aromatic nitrogens is 1. The minimum absolute atomic E-state index is 0. The van der Waals surface area contributed by atoms with Crippen molar-refractivity contribution >= 4 is 0 Å². The van der Waals surface area contributed by atoms with Crippen LogP contribution in [0.3, 0.4) is 0 Å². The number of aryl methyl sites for hydroxylation is 2. The van der Waals surface area contributed by atoms with Crippen molar-refractivity contribution in [3.05, 3.63) is 29.6 Å². The first kappa shape index (κ1) is 8.79. The molecule has 1 nitrogen and oxygen atoms in total. The van der Waals surface area contributed by atoms with Gasteiger partial charge < -0.3 is 0 Å². The Labute approximate surface area is 68.6 Å². The second kappa shape index (κ2) is 3.74. The monoisotopic (exact) mass is 299 g/mol. The van der Waals surface area contributed by atoms with Gasteiger partial charge in [-0.2, -0.15) is 0 Å². The van der Waals surface area contributed by atoms with E-state index in [9.17, 15) is 0 Å². The van der Waals surface area contributed by atoms with E-state index in [1.165, 1.54) is 0 Å². The second-order valence-electron chi connectivity index (χ2n) is 1.92. The Morgan fingerprint density at radius 2 is 1.56 bits per heavy atom. The molecule has 0 N–H and O–H groups in total. The van der Waals surface area contributed by atoms with Crippen molar-refractivity contribution in [2.24, 2.45) is 0 Å². The van der Waals surface area contributed by atoms with Crippen LogP contribution in [0.25, 0.3) is 0 Å². The van der Waals surface area contributed by atoms with Gasteiger partial charge in [-0.3, -0.25) is 4.98 Å². The third kappa shape index (κ3) is 2.72. The van der Waals surface area contributed by atoms with E-state index in [0.29, 0.717) is 0 Å². The molecule has 50 valence electrons. The summed E-state index contributed by atoms with van der Waals surface area (Å²) in [6.07, 6.45) is 0. The van der Waals surface area contributed by atoms with Crippen molar-refractivity contribution in [3.63, 3.8) is 0 Å². The van der Waals surface area contributed by atoms with Crippen LogP contribution in [0.2, 0.25) is 0 Å². The van der Waals surface area contributed by atoms with E-state index in [1.54, 1.807) is 0 Å². The average Bonchev–Trinajstić information content (AvgIpc) is 1.64. The largest absolute Gasteiger partial charge is 0.258 e. The molecule has 2 heteroatoms. The first-order valence-corrected chi connectivity index (χ1v) is 2.69. The van der Waals surface area contributed by atoms with Crippen LogP contribution in [0, 0.1) is 13.8 Å². The summed E-state index contributed by atoms with van der Waals surface area (Å²) in [6, 6.07) is 6.00. The molecule has 0 aliphatic heterocycles. The molecule has 1 rings (SSSR count). The topological polar surface area (TPSA) is 12.9 Å². The Balaban J connectivity index is 0.000000640. The number of hydrogen-bond acceptors (Lipinski definition) is 1. The van der Waals surface area contributed by atoms with Crippen LogP contribution in [0.1, 0.15) is 11.4 Å². The molecular formula is C7H9NOs. The van der Waals surface area contributed by atoms with Crippen LogP contribution in [0.15, 0.2) is 18.2 Å². The zero-order chi connectivity index (χ0) is 5.98. The van der Waals surface area contributed by atoms with E-state index in [4.69, 9.17) is 0 Å². The van der Waals surface area contributed by atoms with E-state index in [-0.39, 0.29) is 19.8 Å². The van der Waals surface area contributed by atoms with Crippen molar-refractivity contribution in [1.29, 1.82) is 0 Å². The number of pyridine rings is 1. The predicted octanol–water partition coefficient (Wildman–Crippen LogP) is 1.70. The molecule has 0 saturated carbocycles. The maximum atomic E-state index is 4.17. The SMILES string of the molecule is Cc1cccc(C)n1.[Os]. The van der Waals surface area contributed by atoms with Crippen molar-refractivity contribution < 1.29 is 19.8 Å². The molecule has 0 aliphatic carbocycles. The first-order valence-electron chi connectivity index (χ1n) is 2.69. The van der Waals surface area contributed by atoms with E-state index in [1.807, 2.05) is 32.0 Å². The normalized spacial score (nSPS) is 8.22. The number of nitrogens with zero attached hydrogens (tertiary/aromatic N) is 1. The Kier molecular flexibility index (Phi) is 3.66. The van der Waals surface area contributed by atoms with E-state index >= 15 is 0 Å². The third-order valence-electron chi connectivity index (χ3n) is 1.03. The minimum Gasteiger partial charge on any atom is -0.258 e. The number of hydrogen-bond donors (Lipinski definition) is 0. The molecule has 0 radical (unpaired) electrons. The summed E-state index contributed by atoms with van der Waals surface area (Å²) in [5.74, 6) is 0. The van der Waals surface area contributed by atoms with E-state index in [2.05, 4.69) is 4.98 Å². The standard InChI is InChI=1S/C7H9N.Os/c1-6-4-3-5-7(2)8-6;/h3-5H,1-2H3;. The average molecular weight is 297 g/mol. The molecule has 0 aromatic carbocycles. The van der Waals surface area contributed by atoms with Gasteiger partial charge in [0.15, 0.2) is 0 Å². The zero-order valence-electron chi connectivity index (χ0n) is 5.53. The summed E-state index contributed by atoms with van der Waals surface area (Å²) in [5.41, 5.74) is 2.18. The fourth-order valence-corrected chi connectivity index (χ4v) is 0.679. The Hall–Kier alpha value is -0.214. The Bertz CT molecular complexity index is 169. The van der Waals surface area contributed by atoms with Crippen LogP contribution in [-0.4, -0.2) is 4.98 Å². The maximum absolute atomic E-state index is 4.17. The number of rotatable bonds is 0. The quantitative estimate of drug-likeness (QED) is 0.710. The summed E-state index contributed by atoms with van der Waals surface area (Å²) in [5, 5.41) is 0. The van der Waals surface area contributed by atoms with Gasteiger partial charge in [-0.25, -0.2) is 0 Å². The van der Waals surface area contributed by atoms with Crippen LogP contribution < -0.4 is 0 Å². The van der Waals surface area contributed by atoms with Crippen LogP contribution in [0.4, 0.5) is 0 Å². The molecule has 0 spiro atoms. The molecule has 0 unspecified atom stereocenters. The van der Waals surface area contributed by atoms with Gasteiger partial charge >= 0.3 is 0 Å². The summed E-state index contributed by atoms with van der Waals surface area (Å²) < 4.78 is 0. The van der Waals surface area contributed by atoms with Gasteiger partial charge in [-0.15, -0.1) is 0 Å². The molecule has 0 atom stereocenters. The molecule has 0 amide bonds. The molecule has 9 heavy (non-hydrogen) atoms. The van der Waals surface area contributed by atoms with Crippen molar-refractivity contribution in [3.8, 4) is 0 Å². The van der Waals surface area contributed by atoms with Gasteiger partial charge in [-0.1, -0.05) is 6.07 Å². The summed E-state index contributed by atoms with van der Waals surface area (Å²) in [4.78, 5) is 4.17. The predicted molar refractivity (Wildman–Crippen MR) is 33.7 cm³/mol. The molecule has 1 aromatic heterocycles. The van der Waals surface area contributed by atoms with E-state index < -0.39 is 0 Å².